The van der Waals surface area contributed by atoms with Gasteiger partial charge in [0.05, 0.1) is 17.6 Å². The number of nitrogens with zero attached hydrogens (tertiary/aromatic N) is 4. The average Bonchev–Trinajstić information content (AvgIpc) is 2.97. The zero-order valence-corrected chi connectivity index (χ0v) is 13.9. The number of aryl methyl sites for hydroxylation is 1. The second kappa shape index (κ2) is 7.12. The Hall–Kier alpha value is -2.89. The molecule has 124 valence electrons. The van der Waals surface area contributed by atoms with Crippen molar-refractivity contribution in [2.24, 2.45) is 0 Å². The molecule has 0 saturated heterocycles. The Balaban J connectivity index is 1.68. The molecule has 0 unspecified atom stereocenters. The number of carbonyl (C=O) groups excluding carboxylic acids is 1. The summed E-state index contributed by atoms with van der Waals surface area (Å²) in [7, 11) is 1.78. The van der Waals surface area contributed by atoms with E-state index in [4.69, 9.17) is 0 Å². The lowest BCUT2D eigenvalue weighted by Gasteiger charge is -2.18. The number of aromatic nitrogens is 3. The third kappa shape index (κ3) is 3.37. The van der Waals surface area contributed by atoms with Crippen molar-refractivity contribution in [3.8, 4) is 0 Å². The van der Waals surface area contributed by atoms with E-state index in [1.54, 1.807) is 24.3 Å². The molecule has 2 aromatic heterocycles. The van der Waals surface area contributed by atoms with Crippen LogP contribution in [0.15, 0.2) is 48.8 Å². The van der Waals surface area contributed by atoms with E-state index in [-0.39, 0.29) is 6.03 Å². The van der Waals surface area contributed by atoms with E-state index in [1.165, 1.54) is 0 Å². The number of hydrogen-bond donors (Lipinski definition) is 1. The summed E-state index contributed by atoms with van der Waals surface area (Å²) < 4.78 is 2.14. The maximum absolute atomic E-state index is 12.3. The fourth-order valence-electron chi connectivity index (χ4n) is 2.70. The van der Waals surface area contributed by atoms with E-state index in [1.807, 2.05) is 30.3 Å². The first kappa shape index (κ1) is 16.0. The summed E-state index contributed by atoms with van der Waals surface area (Å²) in [6.45, 7) is 3.82. The molecule has 1 aromatic carbocycles. The number of hydrogen-bond acceptors (Lipinski definition) is 3. The van der Waals surface area contributed by atoms with Gasteiger partial charge in [0.2, 0.25) is 0 Å². The number of carbonyl (C=O) groups is 1. The highest BCUT2D eigenvalue weighted by Gasteiger charge is 2.14. The van der Waals surface area contributed by atoms with E-state index in [2.05, 4.69) is 32.8 Å². The minimum Gasteiger partial charge on any atom is -0.334 e. The van der Waals surface area contributed by atoms with E-state index >= 15 is 0 Å². The lowest BCUT2D eigenvalue weighted by Crippen LogP contribution is -2.37. The Bertz CT molecular complexity index is 828. The number of rotatable bonds is 5. The van der Waals surface area contributed by atoms with E-state index in [0.29, 0.717) is 13.1 Å². The Kier molecular flexibility index (Phi) is 4.74. The smallest absolute Gasteiger partial charge is 0.317 e. The molecule has 0 atom stereocenters. The molecule has 0 spiro atoms. The summed E-state index contributed by atoms with van der Waals surface area (Å²) in [5, 5.41) is 2.90. The predicted octanol–water partition coefficient (Wildman–Crippen LogP) is 2.79. The van der Waals surface area contributed by atoms with Crippen LogP contribution in [0.5, 0.6) is 0 Å². The number of benzene rings is 1. The summed E-state index contributed by atoms with van der Waals surface area (Å²) in [4.78, 5) is 22.6. The van der Waals surface area contributed by atoms with Crippen molar-refractivity contribution in [2.75, 3.05) is 7.05 Å². The van der Waals surface area contributed by atoms with Crippen LogP contribution in [-0.4, -0.2) is 32.5 Å². The van der Waals surface area contributed by atoms with Crippen LogP contribution >= 0.6 is 0 Å². The maximum Gasteiger partial charge on any atom is 0.317 e. The van der Waals surface area contributed by atoms with Crippen LogP contribution in [0.25, 0.3) is 11.0 Å². The Morgan fingerprint density at radius 1 is 1.25 bits per heavy atom. The van der Waals surface area contributed by atoms with Crippen molar-refractivity contribution in [3.05, 3.63) is 60.2 Å². The van der Waals surface area contributed by atoms with Crippen LogP contribution in [-0.2, 0) is 19.6 Å². The van der Waals surface area contributed by atoms with Gasteiger partial charge in [0.25, 0.3) is 0 Å². The van der Waals surface area contributed by atoms with Crippen LogP contribution < -0.4 is 5.32 Å². The highest BCUT2D eigenvalue weighted by molar-refractivity contribution is 5.76. The van der Waals surface area contributed by atoms with Crippen molar-refractivity contribution in [2.45, 2.75) is 26.6 Å². The van der Waals surface area contributed by atoms with Gasteiger partial charge in [-0.05, 0) is 30.7 Å². The van der Waals surface area contributed by atoms with Gasteiger partial charge in [-0.1, -0.05) is 18.2 Å². The largest absolute Gasteiger partial charge is 0.334 e. The van der Waals surface area contributed by atoms with E-state index < -0.39 is 0 Å². The molecule has 0 fully saturated rings. The van der Waals surface area contributed by atoms with Crippen molar-refractivity contribution < 1.29 is 4.79 Å². The zero-order valence-electron chi connectivity index (χ0n) is 13.9. The summed E-state index contributed by atoms with van der Waals surface area (Å²) in [5.41, 5.74) is 3.03. The number of urea groups is 1. The fraction of sp³-hybridized carbons (Fsp3) is 0.278. The van der Waals surface area contributed by atoms with E-state index in [0.717, 1.165) is 29.0 Å². The summed E-state index contributed by atoms with van der Waals surface area (Å²) in [6, 6.07) is 11.7. The molecule has 2 heterocycles. The first-order valence-electron chi connectivity index (χ1n) is 8.01. The molecule has 0 aliphatic rings. The second-order valence-electron chi connectivity index (χ2n) is 5.64. The van der Waals surface area contributed by atoms with Crippen molar-refractivity contribution in [3.63, 3.8) is 0 Å². The Morgan fingerprint density at radius 2 is 2.08 bits per heavy atom. The third-order valence-electron chi connectivity index (χ3n) is 3.94. The minimum atomic E-state index is -0.131. The highest BCUT2D eigenvalue weighted by Crippen LogP contribution is 2.16. The number of para-hydroxylation sites is 2. The molecule has 6 nitrogen and oxygen atoms in total. The standard InChI is InChI=1S/C18H21N5O/c1-3-23-16-9-5-4-8-15(16)21-17(23)13-22(2)18(24)20-12-14-7-6-10-19-11-14/h4-11H,3,12-13H2,1-2H3,(H,20,24). The normalized spacial score (nSPS) is 10.8. The van der Waals surface area contributed by atoms with Gasteiger partial charge in [0, 0.05) is 32.5 Å². The number of fused-ring (bicyclic) bond motifs is 1. The lowest BCUT2D eigenvalue weighted by atomic mass is 10.3. The predicted molar refractivity (Wildman–Crippen MR) is 93.3 cm³/mol. The topological polar surface area (TPSA) is 63.1 Å². The van der Waals surface area contributed by atoms with Crippen molar-refractivity contribution >= 4 is 17.1 Å². The molecule has 1 N–H and O–H groups in total. The van der Waals surface area contributed by atoms with Crippen LogP contribution in [0.2, 0.25) is 0 Å². The maximum atomic E-state index is 12.3. The number of nitrogens with one attached hydrogen (secondary N) is 1. The van der Waals surface area contributed by atoms with Gasteiger partial charge >= 0.3 is 6.03 Å². The lowest BCUT2D eigenvalue weighted by molar-refractivity contribution is 0.205. The molecule has 0 bridgehead atoms. The molecular formula is C18H21N5O. The van der Waals surface area contributed by atoms with Gasteiger partial charge in [-0.2, -0.15) is 0 Å². The number of imidazole rings is 1. The van der Waals surface area contributed by atoms with Crippen molar-refractivity contribution in [1.82, 2.24) is 24.8 Å². The van der Waals surface area contributed by atoms with Crippen LogP contribution in [0.3, 0.4) is 0 Å². The second-order valence-corrected chi connectivity index (χ2v) is 5.64. The van der Waals surface area contributed by atoms with Gasteiger partial charge in [0.1, 0.15) is 5.82 Å². The molecule has 0 saturated carbocycles. The molecule has 0 radical (unpaired) electrons. The highest BCUT2D eigenvalue weighted by atomic mass is 16.2. The minimum absolute atomic E-state index is 0.131. The van der Waals surface area contributed by atoms with Gasteiger partial charge in [-0.15, -0.1) is 0 Å². The Labute approximate surface area is 141 Å². The average molecular weight is 323 g/mol. The first-order chi connectivity index (χ1) is 11.7. The first-order valence-corrected chi connectivity index (χ1v) is 8.01. The van der Waals surface area contributed by atoms with Crippen molar-refractivity contribution in [1.29, 1.82) is 0 Å². The molecular weight excluding hydrogens is 302 g/mol. The third-order valence-corrected chi connectivity index (χ3v) is 3.94. The SMILES string of the molecule is CCn1c(CN(C)C(=O)NCc2cccnc2)nc2ccccc21. The summed E-state index contributed by atoms with van der Waals surface area (Å²) in [6.07, 6.45) is 3.46. The van der Waals surface area contributed by atoms with E-state index in [9.17, 15) is 4.79 Å². The molecule has 6 heteroatoms. The summed E-state index contributed by atoms with van der Waals surface area (Å²) >= 11 is 0. The van der Waals surface area contributed by atoms with Gasteiger partial charge in [0.15, 0.2) is 0 Å². The molecule has 3 aromatic rings. The quantitative estimate of drug-likeness (QED) is 0.785. The molecule has 2 amide bonds. The van der Waals surface area contributed by atoms with Gasteiger partial charge in [-0.3, -0.25) is 4.98 Å². The van der Waals surface area contributed by atoms with Crippen LogP contribution in [0, 0.1) is 0 Å². The molecule has 0 aliphatic heterocycles. The molecule has 0 aliphatic carbocycles. The number of pyridine rings is 1. The summed E-state index contributed by atoms with van der Waals surface area (Å²) in [5.74, 6) is 0.887. The zero-order chi connectivity index (χ0) is 16.9. The van der Waals surface area contributed by atoms with Crippen LogP contribution in [0.4, 0.5) is 4.79 Å². The molecule has 3 rings (SSSR count). The molecule has 24 heavy (non-hydrogen) atoms. The monoisotopic (exact) mass is 323 g/mol. The number of amides is 2. The van der Waals surface area contributed by atoms with Gasteiger partial charge < -0.3 is 14.8 Å². The van der Waals surface area contributed by atoms with Gasteiger partial charge in [-0.25, -0.2) is 9.78 Å². The van der Waals surface area contributed by atoms with Crippen LogP contribution in [0.1, 0.15) is 18.3 Å². The Morgan fingerprint density at radius 3 is 2.83 bits per heavy atom. The fourth-order valence-corrected chi connectivity index (χ4v) is 2.70.